The second kappa shape index (κ2) is 5.61. The lowest BCUT2D eigenvalue weighted by molar-refractivity contribution is -0.0101. The lowest BCUT2D eigenvalue weighted by Gasteiger charge is -2.57. The van der Waals surface area contributed by atoms with Crippen molar-refractivity contribution >= 4 is 23.5 Å². The van der Waals surface area contributed by atoms with Crippen molar-refractivity contribution in [2.24, 2.45) is 22.9 Å². The highest BCUT2D eigenvalue weighted by Gasteiger charge is 2.51. The molecule has 4 fully saturated rings. The fourth-order valence-electron chi connectivity index (χ4n) is 5.15. The normalized spacial score (nSPS) is 35.7. The summed E-state index contributed by atoms with van der Waals surface area (Å²) in [6, 6.07) is 3.83. The molecule has 0 spiro atoms. The summed E-state index contributed by atoms with van der Waals surface area (Å²) in [7, 11) is 0. The van der Waals surface area contributed by atoms with Gasteiger partial charge in [-0.05, 0) is 86.2 Å². The van der Waals surface area contributed by atoms with Crippen molar-refractivity contribution < 1.29 is 0 Å². The molecule has 0 aliphatic heterocycles. The van der Waals surface area contributed by atoms with Crippen LogP contribution in [0.1, 0.15) is 44.1 Å². The summed E-state index contributed by atoms with van der Waals surface area (Å²) in [6.07, 6.45) is 13.5. The fourth-order valence-corrected chi connectivity index (χ4v) is 5.42. The molecule has 0 amide bonds. The van der Waals surface area contributed by atoms with Crippen molar-refractivity contribution in [3.63, 3.8) is 0 Å². The van der Waals surface area contributed by atoms with Crippen molar-refractivity contribution in [2.45, 2.75) is 44.1 Å². The molecule has 4 saturated carbocycles. The quantitative estimate of drug-likeness (QED) is 0.512. The van der Waals surface area contributed by atoms with Gasteiger partial charge in [-0.1, -0.05) is 0 Å². The zero-order valence-corrected chi connectivity index (χ0v) is 13.5. The Labute approximate surface area is 136 Å². The Balaban J connectivity index is 1.35. The van der Waals surface area contributed by atoms with Gasteiger partial charge < -0.3 is 5.32 Å². The summed E-state index contributed by atoms with van der Waals surface area (Å²) in [5, 5.41) is 8.50. The number of hydrogen-bond acceptors (Lipinski definition) is 3. The zero-order valence-electron chi connectivity index (χ0n) is 12.7. The highest BCUT2D eigenvalue weighted by molar-refractivity contribution is 7.80. The summed E-state index contributed by atoms with van der Waals surface area (Å²) < 4.78 is 0. The van der Waals surface area contributed by atoms with Crippen LogP contribution in [-0.4, -0.2) is 21.8 Å². The first kappa shape index (κ1) is 14.1. The third kappa shape index (κ3) is 2.86. The number of hydrogen-bond donors (Lipinski definition) is 2. The molecule has 2 N–H and O–H groups in total. The monoisotopic (exact) mass is 314 g/mol. The van der Waals surface area contributed by atoms with Crippen LogP contribution in [0.5, 0.6) is 0 Å². The molecule has 22 heavy (non-hydrogen) atoms. The van der Waals surface area contributed by atoms with E-state index in [1.165, 1.54) is 38.5 Å². The Hall–Kier alpha value is -1.49. The van der Waals surface area contributed by atoms with E-state index >= 15 is 0 Å². The van der Waals surface area contributed by atoms with Gasteiger partial charge in [0.15, 0.2) is 5.11 Å². The molecule has 5 heteroatoms. The molecule has 1 heterocycles. The van der Waals surface area contributed by atoms with Crippen LogP contribution < -0.4 is 10.7 Å². The van der Waals surface area contributed by atoms with Crippen molar-refractivity contribution in [1.29, 1.82) is 0 Å². The average Bonchev–Trinajstić information content (AvgIpc) is 2.46. The van der Waals surface area contributed by atoms with Gasteiger partial charge in [-0.3, -0.25) is 10.4 Å². The van der Waals surface area contributed by atoms with Crippen LogP contribution in [0.25, 0.3) is 0 Å². The van der Waals surface area contributed by atoms with E-state index in [1.807, 2.05) is 12.1 Å². The number of aromatic nitrogens is 1. The summed E-state index contributed by atoms with van der Waals surface area (Å²) >= 11 is 5.46. The Morgan fingerprint density at radius 1 is 1.14 bits per heavy atom. The van der Waals surface area contributed by atoms with Gasteiger partial charge in [0.2, 0.25) is 0 Å². The van der Waals surface area contributed by atoms with Crippen LogP contribution in [0.4, 0.5) is 0 Å². The van der Waals surface area contributed by atoms with E-state index < -0.39 is 0 Å². The number of nitrogens with zero attached hydrogens (tertiary/aromatic N) is 2. The van der Waals surface area contributed by atoms with Gasteiger partial charge >= 0.3 is 0 Å². The largest absolute Gasteiger partial charge is 0.356 e. The first-order valence-corrected chi connectivity index (χ1v) is 8.63. The van der Waals surface area contributed by atoms with E-state index in [0.29, 0.717) is 5.11 Å². The first-order valence-electron chi connectivity index (χ1n) is 8.22. The van der Waals surface area contributed by atoms with Crippen LogP contribution in [0, 0.1) is 17.8 Å². The topological polar surface area (TPSA) is 49.3 Å². The Kier molecular flexibility index (Phi) is 3.60. The molecule has 0 unspecified atom stereocenters. The molecule has 4 nitrogen and oxygen atoms in total. The molecule has 4 aliphatic carbocycles. The van der Waals surface area contributed by atoms with Gasteiger partial charge in [-0.2, -0.15) is 5.10 Å². The smallest absolute Gasteiger partial charge is 0.187 e. The second-order valence-corrected chi connectivity index (χ2v) is 7.71. The molecule has 1 aromatic heterocycles. The minimum absolute atomic E-state index is 0.241. The molecule has 0 atom stereocenters. The molecule has 1 aromatic rings. The van der Waals surface area contributed by atoms with E-state index in [4.69, 9.17) is 12.2 Å². The highest BCUT2D eigenvalue weighted by Crippen LogP contribution is 2.55. The second-order valence-electron chi connectivity index (χ2n) is 7.30. The van der Waals surface area contributed by atoms with Crippen molar-refractivity contribution in [2.75, 3.05) is 0 Å². The van der Waals surface area contributed by atoms with E-state index in [1.54, 1.807) is 18.6 Å². The van der Waals surface area contributed by atoms with Crippen molar-refractivity contribution in [3.8, 4) is 0 Å². The molecule has 5 rings (SSSR count). The Morgan fingerprint density at radius 2 is 1.73 bits per heavy atom. The lowest BCUT2D eigenvalue weighted by Crippen LogP contribution is -2.61. The maximum atomic E-state index is 5.46. The fraction of sp³-hybridized carbons (Fsp3) is 0.588. The van der Waals surface area contributed by atoms with Crippen LogP contribution in [0.3, 0.4) is 0 Å². The summed E-state index contributed by atoms with van der Waals surface area (Å²) in [5.74, 6) is 2.76. The molecule has 116 valence electrons. The molecular weight excluding hydrogens is 292 g/mol. The third-order valence-electron chi connectivity index (χ3n) is 5.50. The predicted octanol–water partition coefficient (Wildman–Crippen LogP) is 2.85. The highest BCUT2D eigenvalue weighted by atomic mass is 32.1. The van der Waals surface area contributed by atoms with Crippen LogP contribution in [0.2, 0.25) is 0 Å². The molecule has 4 bridgehead atoms. The standard InChI is InChI=1S/C17H22N4S/c22-16(21-19-11-12-1-3-18-4-2-12)20-17-8-13-5-14(9-17)7-15(6-13)10-17/h1-4,11,13-15H,5-10H2,(H2,20,21,22)/b19-11+. The minimum atomic E-state index is 0.241. The number of thiocarbonyl (C=S) groups is 1. The Morgan fingerprint density at radius 3 is 2.32 bits per heavy atom. The average molecular weight is 314 g/mol. The SMILES string of the molecule is S=C(N/N=C/c1ccncc1)NC12CC3CC(CC(C3)C1)C2. The van der Waals surface area contributed by atoms with E-state index in [-0.39, 0.29) is 5.54 Å². The molecule has 0 saturated heterocycles. The summed E-state index contributed by atoms with van der Waals surface area (Å²) in [4.78, 5) is 3.99. The third-order valence-corrected chi connectivity index (χ3v) is 5.70. The van der Waals surface area contributed by atoms with E-state index in [9.17, 15) is 0 Å². The molecule has 0 radical (unpaired) electrons. The van der Waals surface area contributed by atoms with Gasteiger partial charge in [-0.25, -0.2) is 0 Å². The van der Waals surface area contributed by atoms with Crippen LogP contribution in [-0.2, 0) is 0 Å². The minimum Gasteiger partial charge on any atom is -0.356 e. The van der Waals surface area contributed by atoms with Gasteiger partial charge in [0.05, 0.1) is 6.21 Å². The molecule has 0 aromatic carbocycles. The summed E-state index contributed by atoms with van der Waals surface area (Å²) in [5.41, 5.74) is 4.23. The molecular formula is C17H22N4S. The summed E-state index contributed by atoms with van der Waals surface area (Å²) in [6.45, 7) is 0. The molecule has 4 aliphatic rings. The van der Waals surface area contributed by atoms with Gasteiger partial charge in [0.1, 0.15) is 0 Å². The predicted molar refractivity (Wildman–Crippen MR) is 91.6 cm³/mol. The number of pyridine rings is 1. The van der Waals surface area contributed by atoms with Crippen molar-refractivity contribution in [3.05, 3.63) is 30.1 Å². The van der Waals surface area contributed by atoms with Gasteiger partial charge in [0.25, 0.3) is 0 Å². The maximum absolute atomic E-state index is 5.46. The van der Waals surface area contributed by atoms with E-state index in [0.717, 1.165) is 23.3 Å². The lowest BCUT2D eigenvalue weighted by atomic mass is 9.53. The van der Waals surface area contributed by atoms with Crippen molar-refractivity contribution in [1.82, 2.24) is 15.7 Å². The number of rotatable bonds is 3. The van der Waals surface area contributed by atoms with Crippen LogP contribution >= 0.6 is 12.2 Å². The number of nitrogens with one attached hydrogen (secondary N) is 2. The van der Waals surface area contributed by atoms with Gasteiger partial charge in [-0.15, -0.1) is 0 Å². The van der Waals surface area contributed by atoms with Crippen LogP contribution in [0.15, 0.2) is 29.6 Å². The number of hydrazone groups is 1. The Bertz CT molecular complexity index is 548. The zero-order chi connectivity index (χ0) is 15.0. The van der Waals surface area contributed by atoms with E-state index in [2.05, 4.69) is 20.8 Å². The van der Waals surface area contributed by atoms with Gasteiger partial charge in [0, 0.05) is 17.9 Å². The first-order chi connectivity index (χ1) is 10.7. The maximum Gasteiger partial charge on any atom is 0.187 e.